The lowest BCUT2D eigenvalue weighted by molar-refractivity contribution is -0.162. The maximum atomic E-state index is 14.4. The van der Waals surface area contributed by atoms with Crippen LogP contribution in [0.15, 0.2) is 65.7 Å². The quantitative estimate of drug-likeness (QED) is 0.618. The van der Waals surface area contributed by atoms with E-state index in [0.717, 1.165) is 0 Å². The second-order valence-corrected chi connectivity index (χ2v) is 4.46. The second-order valence-electron chi connectivity index (χ2n) is 4.46. The second kappa shape index (κ2) is 6.93. The molecule has 0 saturated carbocycles. The van der Waals surface area contributed by atoms with Crippen LogP contribution in [0.5, 0.6) is 0 Å². The molecule has 0 saturated heterocycles. The number of alkyl halides is 2. The average molecular weight is 303 g/mol. The van der Waals surface area contributed by atoms with Crippen molar-refractivity contribution in [3.63, 3.8) is 0 Å². The summed E-state index contributed by atoms with van der Waals surface area (Å²) in [5.74, 6) is -5.43. The SMILES string of the molecule is CCOC(=O)C(F)(F)C(=Nc1ccccc1)c1ccccc1. The van der Waals surface area contributed by atoms with E-state index in [1.165, 1.54) is 19.1 Å². The Morgan fingerprint density at radius 3 is 2.14 bits per heavy atom. The number of nitrogens with zero attached hydrogens (tertiary/aromatic N) is 1. The summed E-state index contributed by atoms with van der Waals surface area (Å²) in [6.07, 6.45) is 0. The van der Waals surface area contributed by atoms with Crippen molar-refractivity contribution in [2.45, 2.75) is 12.8 Å². The molecule has 0 radical (unpaired) electrons. The lowest BCUT2D eigenvalue weighted by Gasteiger charge is -2.17. The first-order valence-electron chi connectivity index (χ1n) is 6.80. The number of halogens is 2. The average Bonchev–Trinajstić information content (AvgIpc) is 2.54. The molecule has 2 aromatic carbocycles. The molecular formula is C17H15F2NO2. The zero-order valence-corrected chi connectivity index (χ0v) is 12.0. The Balaban J connectivity index is 2.52. The van der Waals surface area contributed by atoms with Crippen LogP contribution in [-0.4, -0.2) is 24.2 Å². The highest BCUT2D eigenvalue weighted by Gasteiger charge is 2.47. The van der Waals surface area contributed by atoms with E-state index in [1.54, 1.807) is 48.5 Å². The summed E-state index contributed by atoms with van der Waals surface area (Å²) < 4.78 is 33.3. The van der Waals surface area contributed by atoms with E-state index in [4.69, 9.17) is 0 Å². The van der Waals surface area contributed by atoms with Crippen molar-refractivity contribution < 1.29 is 18.3 Å². The first-order chi connectivity index (χ1) is 10.6. The Hall–Kier alpha value is -2.56. The lowest BCUT2D eigenvalue weighted by Crippen LogP contribution is -2.40. The van der Waals surface area contributed by atoms with Crippen LogP contribution >= 0.6 is 0 Å². The van der Waals surface area contributed by atoms with Gasteiger partial charge >= 0.3 is 11.9 Å². The topological polar surface area (TPSA) is 38.7 Å². The van der Waals surface area contributed by atoms with E-state index in [2.05, 4.69) is 9.73 Å². The molecule has 0 N–H and O–H groups in total. The predicted molar refractivity (Wildman–Crippen MR) is 80.7 cm³/mol. The maximum Gasteiger partial charge on any atom is 0.384 e. The zero-order valence-electron chi connectivity index (χ0n) is 12.0. The molecule has 0 amide bonds. The van der Waals surface area contributed by atoms with E-state index >= 15 is 0 Å². The summed E-state index contributed by atoms with van der Waals surface area (Å²) in [6, 6.07) is 16.2. The Morgan fingerprint density at radius 1 is 1.05 bits per heavy atom. The van der Waals surface area contributed by atoms with Crippen LogP contribution in [0.2, 0.25) is 0 Å². The molecule has 0 atom stereocenters. The predicted octanol–water partition coefficient (Wildman–Crippen LogP) is 4.01. The molecule has 0 aromatic heterocycles. The highest BCUT2D eigenvalue weighted by Crippen LogP contribution is 2.26. The number of benzene rings is 2. The number of ether oxygens (including phenoxy) is 1. The highest BCUT2D eigenvalue weighted by atomic mass is 19.3. The summed E-state index contributed by atoms with van der Waals surface area (Å²) in [5.41, 5.74) is -0.118. The van der Waals surface area contributed by atoms with Gasteiger partial charge in [0.15, 0.2) is 0 Å². The molecule has 0 aliphatic heterocycles. The molecule has 2 rings (SSSR count). The number of hydrogen-bond acceptors (Lipinski definition) is 3. The summed E-state index contributed by atoms with van der Waals surface area (Å²) in [5, 5.41) is 0. The third kappa shape index (κ3) is 3.55. The molecule has 114 valence electrons. The number of aliphatic imine (C=N–C) groups is 1. The minimum Gasteiger partial charge on any atom is -0.461 e. The third-order valence-corrected chi connectivity index (χ3v) is 2.87. The van der Waals surface area contributed by atoms with E-state index < -0.39 is 17.6 Å². The minimum absolute atomic E-state index is 0.123. The monoisotopic (exact) mass is 303 g/mol. The van der Waals surface area contributed by atoms with Crippen molar-refractivity contribution in [3.8, 4) is 0 Å². The van der Waals surface area contributed by atoms with Crippen molar-refractivity contribution in [3.05, 3.63) is 66.2 Å². The van der Waals surface area contributed by atoms with Gasteiger partial charge in [-0.25, -0.2) is 9.79 Å². The minimum atomic E-state index is -3.83. The van der Waals surface area contributed by atoms with E-state index in [1.807, 2.05) is 0 Å². The fraction of sp³-hybridized carbons (Fsp3) is 0.176. The Kier molecular flexibility index (Phi) is 4.99. The van der Waals surface area contributed by atoms with Crippen LogP contribution in [0.1, 0.15) is 12.5 Å². The van der Waals surface area contributed by atoms with Crippen molar-refractivity contribution in [1.29, 1.82) is 0 Å². The van der Waals surface area contributed by atoms with E-state index in [0.29, 0.717) is 5.69 Å². The van der Waals surface area contributed by atoms with Gasteiger partial charge < -0.3 is 4.74 Å². The van der Waals surface area contributed by atoms with Crippen molar-refractivity contribution in [2.24, 2.45) is 4.99 Å². The fourth-order valence-electron chi connectivity index (χ4n) is 1.86. The van der Waals surface area contributed by atoms with E-state index in [-0.39, 0.29) is 12.2 Å². The van der Waals surface area contributed by atoms with Gasteiger partial charge in [-0.05, 0) is 19.1 Å². The molecule has 0 aliphatic carbocycles. The highest BCUT2D eigenvalue weighted by molar-refractivity contribution is 6.17. The molecule has 0 fully saturated rings. The number of rotatable bonds is 5. The smallest absolute Gasteiger partial charge is 0.384 e. The normalized spacial score (nSPS) is 12.0. The molecule has 0 aliphatic rings. The molecule has 0 spiro atoms. The van der Waals surface area contributed by atoms with E-state index in [9.17, 15) is 13.6 Å². The van der Waals surface area contributed by atoms with Crippen molar-refractivity contribution in [1.82, 2.24) is 0 Å². The summed E-state index contributed by atoms with van der Waals surface area (Å²) >= 11 is 0. The molecule has 2 aromatic rings. The lowest BCUT2D eigenvalue weighted by atomic mass is 10.0. The van der Waals surface area contributed by atoms with Crippen LogP contribution in [0.3, 0.4) is 0 Å². The maximum absolute atomic E-state index is 14.4. The Morgan fingerprint density at radius 2 is 1.59 bits per heavy atom. The fourth-order valence-corrected chi connectivity index (χ4v) is 1.86. The van der Waals surface area contributed by atoms with Gasteiger partial charge in [-0.3, -0.25) is 0 Å². The van der Waals surface area contributed by atoms with Gasteiger partial charge in [0, 0.05) is 5.56 Å². The van der Waals surface area contributed by atoms with Crippen LogP contribution < -0.4 is 0 Å². The summed E-state index contributed by atoms with van der Waals surface area (Å²) in [7, 11) is 0. The van der Waals surface area contributed by atoms with Crippen LogP contribution in [0.25, 0.3) is 0 Å². The summed E-state index contributed by atoms with van der Waals surface area (Å²) in [6.45, 7) is 1.35. The molecule has 0 heterocycles. The van der Waals surface area contributed by atoms with Gasteiger partial charge in [-0.1, -0.05) is 48.5 Å². The van der Waals surface area contributed by atoms with Gasteiger partial charge in [-0.15, -0.1) is 0 Å². The number of carbonyl (C=O) groups is 1. The molecule has 5 heteroatoms. The molecule has 0 bridgehead atoms. The van der Waals surface area contributed by atoms with Gasteiger partial charge in [0.1, 0.15) is 5.71 Å². The van der Waals surface area contributed by atoms with Gasteiger partial charge in [0.25, 0.3) is 0 Å². The number of para-hydroxylation sites is 1. The van der Waals surface area contributed by atoms with Gasteiger partial charge in [0.2, 0.25) is 0 Å². The number of esters is 1. The molecule has 22 heavy (non-hydrogen) atoms. The first kappa shape index (κ1) is 15.8. The molecule has 0 unspecified atom stereocenters. The van der Waals surface area contributed by atoms with Crippen molar-refractivity contribution >= 4 is 17.4 Å². The number of hydrogen-bond donors (Lipinski definition) is 0. The summed E-state index contributed by atoms with van der Waals surface area (Å²) in [4.78, 5) is 15.6. The Bertz CT molecular complexity index is 655. The van der Waals surface area contributed by atoms with Crippen LogP contribution in [0.4, 0.5) is 14.5 Å². The largest absolute Gasteiger partial charge is 0.461 e. The van der Waals surface area contributed by atoms with Crippen molar-refractivity contribution in [2.75, 3.05) is 6.61 Å². The standard InChI is InChI=1S/C17H15F2NO2/c1-2-22-16(21)17(18,19)15(13-9-5-3-6-10-13)20-14-11-7-4-8-12-14/h3-12H,2H2,1H3. The third-order valence-electron chi connectivity index (χ3n) is 2.87. The van der Waals surface area contributed by atoms with Crippen LogP contribution in [-0.2, 0) is 9.53 Å². The molecule has 3 nitrogen and oxygen atoms in total. The van der Waals surface area contributed by atoms with Crippen LogP contribution in [0, 0.1) is 0 Å². The number of carbonyl (C=O) groups excluding carboxylic acids is 1. The Labute approximate surface area is 127 Å². The first-order valence-corrected chi connectivity index (χ1v) is 6.80. The van der Waals surface area contributed by atoms with Gasteiger partial charge in [0.05, 0.1) is 12.3 Å². The van der Waals surface area contributed by atoms with Gasteiger partial charge in [-0.2, -0.15) is 8.78 Å². The zero-order chi connectivity index (χ0) is 16.0. The molecular weight excluding hydrogens is 288 g/mol.